The minimum Gasteiger partial charge on any atom is -0.378 e. The summed E-state index contributed by atoms with van der Waals surface area (Å²) in [6, 6.07) is 3.34. The van der Waals surface area contributed by atoms with E-state index in [1.54, 1.807) is 0 Å². The minimum atomic E-state index is -0.517. The molecule has 0 bridgehead atoms. The van der Waals surface area contributed by atoms with E-state index >= 15 is 0 Å². The second-order valence-corrected chi connectivity index (χ2v) is 6.79. The van der Waals surface area contributed by atoms with Crippen LogP contribution in [0.1, 0.15) is 22.8 Å². The summed E-state index contributed by atoms with van der Waals surface area (Å²) >= 11 is 1.42. The predicted octanol–water partition coefficient (Wildman–Crippen LogP) is 2.73. The highest BCUT2D eigenvalue weighted by atomic mass is 32.1. The zero-order chi connectivity index (χ0) is 16.7. The molecule has 24 heavy (non-hydrogen) atoms. The van der Waals surface area contributed by atoms with Crippen LogP contribution in [0.25, 0.3) is 0 Å². The zero-order valence-electron chi connectivity index (χ0n) is 12.7. The van der Waals surface area contributed by atoms with Gasteiger partial charge in [0, 0.05) is 25.4 Å². The van der Waals surface area contributed by atoms with Crippen LogP contribution in [0.2, 0.25) is 0 Å². The number of rotatable bonds is 2. The van der Waals surface area contributed by atoms with Gasteiger partial charge in [-0.25, -0.2) is 13.8 Å². The summed E-state index contributed by atoms with van der Waals surface area (Å²) in [4.78, 5) is 19.3. The van der Waals surface area contributed by atoms with Gasteiger partial charge in [0.05, 0.1) is 18.1 Å². The standard InChI is InChI=1S/C16H15F2N3O2S/c17-9-1-2-12(18)10(7-9)11-8-13(22)19-15-14(11)24-16(20-15)21-3-5-23-6-4-21/h1-2,7,11H,3-6,8H2,(H,19,22)/t11-/m0/s1. The van der Waals surface area contributed by atoms with E-state index in [1.165, 1.54) is 11.3 Å². The number of benzene rings is 1. The molecule has 3 heterocycles. The van der Waals surface area contributed by atoms with Crippen molar-refractivity contribution in [3.63, 3.8) is 0 Å². The van der Waals surface area contributed by atoms with Crippen LogP contribution < -0.4 is 10.2 Å². The van der Waals surface area contributed by atoms with Gasteiger partial charge in [-0.1, -0.05) is 11.3 Å². The van der Waals surface area contributed by atoms with Gasteiger partial charge in [0.2, 0.25) is 5.91 Å². The van der Waals surface area contributed by atoms with Crippen LogP contribution >= 0.6 is 11.3 Å². The molecule has 0 saturated carbocycles. The van der Waals surface area contributed by atoms with Gasteiger partial charge < -0.3 is 15.0 Å². The molecule has 126 valence electrons. The second-order valence-electron chi connectivity index (χ2n) is 5.78. The van der Waals surface area contributed by atoms with E-state index in [2.05, 4.69) is 15.2 Å². The number of nitrogens with zero attached hydrogens (tertiary/aromatic N) is 2. The van der Waals surface area contributed by atoms with Crippen LogP contribution in [0.5, 0.6) is 0 Å². The normalized spacial score (nSPS) is 20.7. The lowest BCUT2D eigenvalue weighted by Crippen LogP contribution is -2.36. The van der Waals surface area contributed by atoms with Gasteiger partial charge in [0.25, 0.3) is 0 Å². The number of thiazole rings is 1. The predicted molar refractivity (Wildman–Crippen MR) is 86.6 cm³/mol. The third kappa shape index (κ3) is 2.76. The Bertz CT molecular complexity index is 790. The van der Waals surface area contributed by atoms with Crippen molar-refractivity contribution in [2.75, 3.05) is 36.5 Å². The molecule has 0 aliphatic carbocycles. The molecular weight excluding hydrogens is 336 g/mol. The van der Waals surface area contributed by atoms with Crippen molar-refractivity contribution in [1.82, 2.24) is 4.98 Å². The monoisotopic (exact) mass is 351 g/mol. The molecule has 2 aromatic rings. The van der Waals surface area contributed by atoms with Gasteiger partial charge in [0.1, 0.15) is 17.5 Å². The first-order valence-electron chi connectivity index (χ1n) is 7.70. The fraction of sp³-hybridized carbons (Fsp3) is 0.375. The quantitative estimate of drug-likeness (QED) is 0.904. The lowest BCUT2D eigenvalue weighted by molar-refractivity contribution is -0.116. The van der Waals surface area contributed by atoms with Gasteiger partial charge in [-0.05, 0) is 23.8 Å². The lowest BCUT2D eigenvalue weighted by Gasteiger charge is -2.26. The van der Waals surface area contributed by atoms with Crippen molar-refractivity contribution in [3.8, 4) is 0 Å². The van der Waals surface area contributed by atoms with Crippen LogP contribution in [0.15, 0.2) is 18.2 Å². The van der Waals surface area contributed by atoms with Crippen molar-refractivity contribution < 1.29 is 18.3 Å². The molecule has 1 aromatic heterocycles. The first-order valence-corrected chi connectivity index (χ1v) is 8.51. The zero-order valence-corrected chi connectivity index (χ0v) is 13.5. The third-order valence-corrected chi connectivity index (χ3v) is 5.45. The number of anilines is 2. The minimum absolute atomic E-state index is 0.0815. The fourth-order valence-electron chi connectivity index (χ4n) is 3.03. The molecule has 1 aromatic carbocycles. The summed E-state index contributed by atoms with van der Waals surface area (Å²) in [5.74, 6) is -1.33. The molecule has 5 nitrogen and oxygen atoms in total. The van der Waals surface area contributed by atoms with Crippen LogP contribution in [-0.4, -0.2) is 37.2 Å². The molecule has 1 amide bonds. The average molecular weight is 351 g/mol. The molecule has 1 atom stereocenters. The topological polar surface area (TPSA) is 54.5 Å². The fourth-order valence-corrected chi connectivity index (χ4v) is 4.22. The number of aromatic nitrogens is 1. The first kappa shape index (κ1) is 15.5. The van der Waals surface area contributed by atoms with Crippen molar-refractivity contribution in [2.24, 2.45) is 0 Å². The van der Waals surface area contributed by atoms with Crippen molar-refractivity contribution in [3.05, 3.63) is 40.3 Å². The summed E-state index contributed by atoms with van der Waals surface area (Å²) in [7, 11) is 0. The van der Waals surface area contributed by atoms with E-state index in [0.717, 1.165) is 41.3 Å². The van der Waals surface area contributed by atoms with Crippen LogP contribution in [0.3, 0.4) is 0 Å². The Morgan fingerprint density at radius 1 is 1.29 bits per heavy atom. The number of fused-ring (bicyclic) bond motifs is 1. The molecule has 1 saturated heterocycles. The van der Waals surface area contributed by atoms with Crippen molar-refractivity contribution >= 4 is 28.2 Å². The molecule has 0 unspecified atom stereocenters. The van der Waals surface area contributed by atoms with Crippen LogP contribution in [0, 0.1) is 11.6 Å². The Hall–Kier alpha value is -2.06. The maximum atomic E-state index is 14.2. The number of morpholine rings is 1. The number of amides is 1. The Labute approximate surface area is 141 Å². The smallest absolute Gasteiger partial charge is 0.226 e. The highest BCUT2D eigenvalue weighted by Crippen LogP contribution is 2.44. The van der Waals surface area contributed by atoms with Gasteiger partial charge in [-0.15, -0.1) is 0 Å². The molecule has 8 heteroatoms. The molecule has 4 rings (SSSR count). The summed E-state index contributed by atoms with van der Waals surface area (Å²) < 4.78 is 33.1. The molecule has 2 aliphatic rings. The summed E-state index contributed by atoms with van der Waals surface area (Å²) in [6.07, 6.45) is 0.0815. The van der Waals surface area contributed by atoms with E-state index in [4.69, 9.17) is 4.74 Å². The molecule has 0 radical (unpaired) electrons. The van der Waals surface area contributed by atoms with E-state index in [1.807, 2.05) is 0 Å². The Balaban J connectivity index is 1.74. The summed E-state index contributed by atoms with van der Waals surface area (Å²) in [5, 5.41) is 3.51. The third-order valence-electron chi connectivity index (χ3n) is 4.22. The van der Waals surface area contributed by atoms with Gasteiger partial charge in [0.15, 0.2) is 5.13 Å². The van der Waals surface area contributed by atoms with Gasteiger partial charge in [-0.3, -0.25) is 4.79 Å². The maximum absolute atomic E-state index is 14.2. The number of hydrogen-bond donors (Lipinski definition) is 1. The molecule has 1 fully saturated rings. The van der Waals surface area contributed by atoms with E-state index in [0.29, 0.717) is 19.0 Å². The first-order chi connectivity index (χ1) is 11.6. The summed E-state index contributed by atoms with van der Waals surface area (Å²) in [5.41, 5.74) is 0.197. The number of nitrogens with one attached hydrogen (secondary N) is 1. The van der Waals surface area contributed by atoms with Crippen molar-refractivity contribution in [2.45, 2.75) is 12.3 Å². The Kier molecular flexibility index (Phi) is 3.93. The average Bonchev–Trinajstić information content (AvgIpc) is 3.01. The molecule has 1 N–H and O–H groups in total. The number of carbonyl (C=O) groups excluding carboxylic acids is 1. The van der Waals surface area contributed by atoms with Gasteiger partial charge in [-0.2, -0.15) is 0 Å². The number of hydrogen-bond acceptors (Lipinski definition) is 5. The van der Waals surface area contributed by atoms with E-state index < -0.39 is 17.6 Å². The Morgan fingerprint density at radius 2 is 2.08 bits per heavy atom. The molecular formula is C16H15F2N3O2S. The number of carbonyl (C=O) groups is 1. The highest BCUT2D eigenvalue weighted by molar-refractivity contribution is 7.16. The SMILES string of the molecule is O=C1C[C@@H](c2cc(F)ccc2F)c2sc(N3CCOCC3)nc2N1. The lowest BCUT2D eigenvalue weighted by atomic mass is 9.91. The van der Waals surface area contributed by atoms with E-state index in [-0.39, 0.29) is 17.9 Å². The number of halogens is 2. The van der Waals surface area contributed by atoms with Crippen LogP contribution in [0.4, 0.5) is 19.7 Å². The van der Waals surface area contributed by atoms with Gasteiger partial charge >= 0.3 is 0 Å². The highest BCUT2D eigenvalue weighted by Gasteiger charge is 2.33. The molecule has 2 aliphatic heterocycles. The van der Waals surface area contributed by atoms with E-state index in [9.17, 15) is 13.6 Å². The summed E-state index contributed by atoms with van der Waals surface area (Å²) in [6.45, 7) is 2.69. The second kappa shape index (κ2) is 6.10. The molecule has 0 spiro atoms. The number of ether oxygens (including phenoxy) is 1. The Morgan fingerprint density at radius 3 is 2.88 bits per heavy atom. The maximum Gasteiger partial charge on any atom is 0.226 e. The van der Waals surface area contributed by atoms with Crippen LogP contribution in [-0.2, 0) is 9.53 Å². The largest absolute Gasteiger partial charge is 0.378 e. The van der Waals surface area contributed by atoms with Crippen molar-refractivity contribution in [1.29, 1.82) is 0 Å².